The van der Waals surface area contributed by atoms with E-state index in [2.05, 4.69) is 36.9 Å². The smallest absolute Gasteiger partial charge is 0.165 e. The van der Waals surface area contributed by atoms with Crippen LogP contribution in [0.2, 0.25) is 0 Å². The number of nitrogens with zero attached hydrogens (tertiary/aromatic N) is 6. The molecule has 7 nitrogen and oxygen atoms in total. The number of anilines is 1. The molecule has 1 saturated carbocycles. The first-order chi connectivity index (χ1) is 10.6. The highest BCUT2D eigenvalue weighted by Gasteiger charge is 2.26. The van der Waals surface area contributed by atoms with Gasteiger partial charge in [0.25, 0.3) is 0 Å². The van der Waals surface area contributed by atoms with Crippen LogP contribution in [0.25, 0.3) is 11.2 Å². The van der Waals surface area contributed by atoms with Gasteiger partial charge in [-0.25, -0.2) is 15.0 Å². The van der Waals surface area contributed by atoms with Crippen LogP contribution in [0.15, 0.2) is 18.9 Å². The van der Waals surface area contributed by atoms with Crippen molar-refractivity contribution in [2.45, 2.75) is 38.8 Å². The summed E-state index contributed by atoms with van der Waals surface area (Å²) in [6, 6.07) is 0.670. The topological polar surface area (TPSA) is 73.5 Å². The molecule has 1 aliphatic rings. The van der Waals surface area contributed by atoms with Gasteiger partial charge in [0.2, 0.25) is 0 Å². The molecule has 1 N–H and O–H groups in total. The third-order valence-corrected chi connectivity index (χ3v) is 4.17. The molecule has 4 rings (SSSR count). The molecule has 1 unspecified atom stereocenters. The molecule has 1 fully saturated rings. The third-order valence-electron chi connectivity index (χ3n) is 4.17. The highest BCUT2D eigenvalue weighted by atomic mass is 15.3. The normalized spacial score (nSPS) is 16.1. The van der Waals surface area contributed by atoms with Crippen molar-refractivity contribution in [3.05, 3.63) is 30.1 Å². The molecule has 3 aromatic rings. The Morgan fingerprint density at radius 3 is 2.77 bits per heavy atom. The van der Waals surface area contributed by atoms with E-state index in [1.54, 1.807) is 6.33 Å². The van der Waals surface area contributed by atoms with Gasteiger partial charge in [0.15, 0.2) is 11.5 Å². The molecule has 0 spiro atoms. The predicted octanol–water partition coefficient (Wildman–Crippen LogP) is 2.38. The Morgan fingerprint density at radius 1 is 1.27 bits per heavy atom. The van der Waals surface area contributed by atoms with Crippen molar-refractivity contribution < 1.29 is 0 Å². The average molecular weight is 297 g/mol. The maximum absolute atomic E-state index is 4.51. The first-order valence-corrected chi connectivity index (χ1v) is 7.57. The summed E-state index contributed by atoms with van der Waals surface area (Å²) in [5, 5.41) is 7.84. The van der Waals surface area contributed by atoms with Gasteiger partial charge in [-0.1, -0.05) is 0 Å². The molecule has 0 aromatic carbocycles. The van der Waals surface area contributed by atoms with Gasteiger partial charge >= 0.3 is 0 Å². The number of aromatic nitrogens is 6. The minimum absolute atomic E-state index is 0.109. The third kappa shape index (κ3) is 2.13. The highest BCUT2D eigenvalue weighted by molar-refractivity contribution is 5.83. The predicted molar refractivity (Wildman–Crippen MR) is 83.6 cm³/mol. The fourth-order valence-corrected chi connectivity index (χ4v) is 2.90. The van der Waals surface area contributed by atoms with Crippen molar-refractivity contribution in [3.63, 3.8) is 0 Å². The Hall–Kier alpha value is -2.44. The van der Waals surface area contributed by atoms with Crippen LogP contribution in [-0.4, -0.2) is 29.3 Å². The lowest BCUT2D eigenvalue weighted by atomic mass is 10.1. The lowest BCUT2D eigenvalue weighted by molar-refractivity contribution is 0.755. The molecule has 0 saturated heterocycles. The summed E-state index contributed by atoms with van der Waals surface area (Å²) in [4.78, 5) is 13.3. The van der Waals surface area contributed by atoms with Crippen molar-refractivity contribution in [2.75, 3.05) is 5.32 Å². The van der Waals surface area contributed by atoms with E-state index < -0.39 is 0 Å². The number of rotatable bonds is 4. The lowest BCUT2D eigenvalue weighted by Gasteiger charge is -2.14. The van der Waals surface area contributed by atoms with Crippen molar-refractivity contribution in [1.82, 2.24) is 29.3 Å². The van der Waals surface area contributed by atoms with E-state index >= 15 is 0 Å². The molecule has 1 atom stereocenters. The Kier molecular flexibility index (Phi) is 2.88. The molecule has 7 heteroatoms. The van der Waals surface area contributed by atoms with E-state index in [0.717, 1.165) is 28.2 Å². The van der Waals surface area contributed by atoms with Gasteiger partial charge in [0.1, 0.15) is 11.8 Å². The van der Waals surface area contributed by atoms with Crippen LogP contribution in [0.3, 0.4) is 0 Å². The zero-order chi connectivity index (χ0) is 15.3. The van der Waals surface area contributed by atoms with Crippen LogP contribution in [0.1, 0.15) is 43.1 Å². The summed E-state index contributed by atoms with van der Waals surface area (Å²) in [6.07, 6.45) is 7.94. The van der Waals surface area contributed by atoms with Gasteiger partial charge < -0.3 is 9.88 Å². The Morgan fingerprint density at radius 2 is 2.09 bits per heavy atom. The minimum atomic E-state index is 0.109. The van der Waals surface area contributed by atoms with Gasteiger partial charge in [-0.3, -0.25) is 4.68 Å². The number of imidazole rings is 1. The zero-order valence-corrected chi connectivity index (χ0v) is 13.0. The van der Waals surface area contributed by atoms with Gasteiger partial charge in [-0.15, -0.1) is 0 Å². The Bertz CT molecular complexity index is 828. The SMILES string of the molecule is Cc1nn(C)cc1C(C)Nc1ncnc2c1ncn2C1CC1. The molecule has 0 radical (unpaired) electrons. The largest absolute Gasteiger partial charge is 0.361 e. The number of hydrogen-bond donors (Lipinski definition) is 1. The van der Waals surface area contributed by atoms with E-state index in [1.165, 1.54) is 12.8 Å². The standard InChI is InChI=1S/C15H19N7/c1-9(12-6-21(3)20-10(12)2)19-14-13-15(17-7-16-14)22(8-18-13)11-4-5-11/h6-9,11H,4-5H2,1-3H3,(H,16,17,19). The van der Waals surface area contributed by atoms with Crippen LogP contribution < -0.4 is 5.32 Å². The number of fused-ring (bicyclic) bond motifs is 1. The summed E-state index contributed by atoms with van der Waals surface area (Å²) >= 11 is 0. The average Bonchev–Trinajstić information content (AvgIpc) is 3.14. The maximum atomic E-state index is 4.51. The van der Waals surface area contributed by atoms with Gasteiger partial charge in [-0.05, 0) is 26.7 Å². The summed E-state index contributed by atoms with van der Waals surface area (Å²) in [5.74, 6) is 0.778. The van der Waals surface area contributed by atoms with E-state index in [1.807, 2.05) is 31.2 Å². The van der Waals surface area contributed by atoms with Gasteiger partial charge in [0.05, 0.1) is 18.1 Å². The Balaban J connectivity index is 1.68. The van der Waals surface area contributed by atoms with Crippen molar-refractivity contribution in [1.29, 1.82) is 0 Å². The molecule has 3 heterocycles. The van der Waals surface area contributed by atoms with Crippen molar-refractivity contribution >= 4 is 17.0 Å². The molecule has 0 bridgehead atoms. The van der Waals surface area contributed by atoms with E-state index in [4.69, 9.17) is 0 Å². The fourth-order valence-electron chi connectivity index (χ4n) is 2.90. The first kappa shape index (κ1) is 13.2. The molecule has 114 valence electrons. The number of hydrogen-bond acceptors (Lipinski definition) is 5. The summed E-state index contributed by atoms with van der Waals surface area (Å²) in [5.41, 5.74) is 3.94. The molecule has 0 aliphatic heterocycles. The van der Waals surface area contributed by atoms with E-state index in [0.29, 0.717) is 6.04 Å². The molecule has 22 heavy (non-hydrogen) atoms. The molecule has 3 aromatic heterocycles. The summed E-state index contributed by atoms with van der Waals surface area (Å²) in [7, 11) is 1.93. The minimum Gasteiger partial charge on any atom is -0.361 e. The van der Waals surface area contributed by atoms with Crippen LogP contribution >= 0.6 is 0 Å². The van der Waals surface area contributed by atoms with Crippen LogP contribution in [-0.2, 0) is 7.05 Å². The first-order valence-electron chi connectivity index (χ1n) is 7.57. The van der Waals surface area contributed by atoms with Gasteiger partial charge in [-0.2, -0.15) is 5.10 Å². The van der Waals surface area contributed by atoms with Crippen molar-refractivity contribution in [2.24, 2.45) is 7.05 Å². The van der Waals surface area contributed by atoms with Gasteiger partial charge in [0, 0.05) is 24.8 Å². The Labute approximate surface area is 128 Å². The molecular formula is C15H19N7. The molecule has 0 amide bonds. The van der Waals surface area contributed by atoms with Crippen molar-refractivity contribution in [3.8, 4) is 0 Å². The number of nitrogens with one attached hydrogen (secondary N) is 1. The number of aryl methyl sites for hydroxylation is 2. The molecular weight excluding hydrogens is 278 g/mol. The second-order valence-electron chi connectivity index (χ2n) is 5.99. The molecule has 1 aliphatic carbocycles. The van der Waals surface area contributed by atoms with E-state index in [9.17, 15) is 0 Å². The van der Waals surface area contributed by atoms with Crippen LogP contribution in [0.5, 0.6) is 0 Å². The maximum Gasteiger partial charge on any atom is 0.165 e. The van der Waals surface area contributed by atoms with Crippen LogP contribution in [0.4, 0.5) is 5.82 Å². The van der Waals surface area contributed by atoms with Crippen LogP contribution in [0, 0.1) is 6.92 Å². The second kappa shape index (κ2) is 4.79. The fraction of sp³-hybridized carbons (Fsp3) is 0.467. The summed E-state index contributed by atoms with van der Waals surface area (Å²) in [6.45, 7) is 4.13. The monoisotopic (exact) mass is 297 g/mol. The summed E-state index contributed by atoms with van der Waals surface area (Å²) < 4.78 is 3.99. The lowest BCUT2D eigenvalue weighted by Crippen LogP contribution is -2.09. The van der Waals surface area contributed by atoms with E-state index in [-0.39, 0.29) is 6.04 Å². The zero-order valence-electron chi connectivity index (χ0n) is 13.0. The second-order valence-corrected chi connectivity index (χ2v) is 5.99. The quantitative estimate of drug-likeness (QED) is 0.800. The highest BCUT2D eigenvalue weighted by Crippen LogP contribution is 2.37.